The SMILES string of the molecule is CC(C)CCC(c1ccc(OC#N)cc1)c1ccc(OC#N)cc1.CCC(C)CC(c1ccc(OC#N)cc1)c1ccc(OC#N)cc1. The Balaban J connectivity index is 0.000000260. The number of hydrogen-bond acceptors (Lipinski definition) is 8. The van der Waals surface area contributed by atoms with Crippen LogP contribution in [0.5, 0.6) is 23.0 Å². The molecule has 0 aliphatic heterocycles. The molecule has 4 rings (SSSR count). The second-order valence-corrected chi connectivity index (χ2v) is 11.9. The third kappa shape index (κ3) is 11.4. The maximum Gasteiger partial charge on any atom is 0.292 e. The number of nitrogens with zero attached hydrogens (tertiary/aromatic N) is 4. The Morgan fingerprint density at radius 3 is 1.00 bits per heavy atom. The predicted molar refractivity (Wildman–Crippen MR) is 183 cm³/mol. The van der Waals surface area contributed by atoms with Crippen LogP contribution in [0.25, 0.3) is 0 Å². The van der Waals surface area contributed by atoms with Gasteiger partial charge in [0.05, 0.1) is 0 Å². The number of hydrogen-bond donors (Lipinski definition) is 0. The van der Waals surface area contributed by atoms with Crippen molar-refractivity contribution in [1.82, 2.24) is 0 Å². The molecule has 0 aliphatic carbocycles. The molecule has 1 atom stereocenters. The lowest BCUT2D eigenvalue weighted by molar-refractivity contribution is 0.481. The fourth-order valence-electron chi connectivity index (χ4n) is 5.34. The Labute approximate surface area is 283 Å². The summed E-state index contributed by atoms with van der Waals surface area (Å²) in [7, 11) is 0. The van der Waals surface area contributed by atoms with Crippen molar-refractivity contribution in [3.63, 3.8) is 0 Å². The molecular formula is C40H40N4O4. The Morgan fingerprint density at radius 2 is 0.750 bits per heavy atom. The van der Waals surface area contributed by atoms with Crippen LogP contribution in [-0.4, -0.2) is 0 Å². The normalized spacial score (nSPS) is 10.8. The third-order valence-electron chi connectivity index (χ3n) is 8.15. The van der Waals surface area contributed by atoms with Gasteiger partial charge in [-0.15, -0.1) is 21.0 Å². The molecule has 0 spiro atoms. The van der Waals surface area contributed by atoms with Crippen molar-refractivity contribution in [2.45, 2.75) is 65.2 Å². The second kappa shape index (κ2) is 19.5. The molecule has 0 fully saturated rings. The molecule has 0 heterocycles. The highest BCUT2D eigenvalue weighted by Crippen LogP contribution is 2.35. The topological polar surface area (TPSA) is 132 Å². The Kier molecular flexibility index (Phi) is 14.9. The molecule has 4 aromatic rings. The molecule has 1 unspecified atom stereocenters. The highest BCUT2D eigenvalue weighted by atomic mass is 16.5. The van der Waals surface area contributed by atoms with Crippen LogP contribution < -0.4 is 18.9 Å². The molecule has 8 heteroatoms. The van der Waals surface area contributed by atoms with Crippen molar-refractivity contribution in [1.29, 1.82) is 21.0 Å². The largest absolute Gasteiger partial charge is 0.388 e. The fourth-order valence-corrected chi connectivity index (χ4v) is 5.34. The highest BCUT2D eigenvalue weighted by molar-refractivity contribution is 5.40. The summed E-state index contributed by atoms with van der Waals surface area (Å²) in [5, 5.41) is 34.3. The van der Waals surface area contributed by atoms with Crippen molar-refractivity contribution in [3.05, 3.63) is 119 Å². The second-order valence-electron chi connectivity index (χ2n) is 11.9. The molecule has 0 radical (unpaired) electrons. The van der Waals surface area contributed by atoms with Crippen LogP contribution in [0.2, 0.25) is 0 Å². The zero-order valence-corrected chi connectivity index (χ0v) is 27.8. The van der Waals surface area contributed by atoms with E-state index in [1.165, 1.54) is 22.3 Å². The van der Waals surface area contributed by atoms with Crippen molar-refractivity contribution in [3.8, 4) is 48.0 Å². The third-order valence-corrected chi connectivity index (χ3v) is 8.15. The van der Waals surface area contributed by atoms with Crippen molar-refractivity contribution in [2.24, 2.45) is 11.8 Å². The summed E-state index contributed by atoms with van der Waals surface area (Å²) < 4.78 is 19.4. The monoisotopic (exact) mass is 640 g/mol. The van der Waals surface area contributed by atoms with Crippen LogP contribution in [0.15, 0.2) is 97.1 Å². The van der Waals surface area contributed by atoms with Gasteiger partial charge in [0.25, 0.3) is 25.0 Å². The first-order valence-corrected chi connectivity index (χ1v) is 15.9. The van der Waals surface area contributed by atoms with Crippen LogP contribution >= 0.6 is 0 Å². The molecule has 0 saturated heterocycles. The minimum atomic E-state index is 0.243. The van der Waals surface area contributed by atoms with E-state index >= 15 is 0 Å². The zero-order chi connectivity index (χ0) is 34.7. The smallest absolute Gasteiger partial charge is 0.292 e. The van der Waals surface area contributed by atoms with Crippen LogP contribution in [0.3, 0.4) is 0 Å². The molecule has 8 nitrogen and oxygen atoms in total. The van der Waals surface area contributed by atoms with Gasteiger partial charge in [-0.1, -0.05) is 89.1 Å². The summed E-state index contributed by atoms with van der Waals surface area (Å²) in [6.07, 6.45) is 11.0. The molecule has 0 N–H and O–H groups in total. The number of benzene rings is 4. The van der Waals surface area contributed by atoms with E-state index in [1.54, 1.807) is 25.0 Å². The highest BCUT2D eigenvalue weighted by Gasteiger charge is 2.18. The van der Waals surface area contributed by atoms with Crippen LogP contribution in [-0.2, 0) is 0 Å². The molecular weight excluding hydrogens is 600 g/mol. The molecule has 4 aromatic carbocycles. The van der Waals surface area contributed by atoms with Crippen LogP contribution in [0.1, 0.15) is 87.5 Å². The summed E-state index contributed by atoms with van der Waals surface area (Å²) in [4.78, 5) is 0. The maximum atomic E-state index is 8.59. The quantitative estimate of drug-likeness (QED) is 0.124. The Hall–Kier alpha value is -5.96. The van der Waals surface area contributed by atoms with Crippen molar-refractivity contribution < 1.29 is 18.9 Å². The standard InChI is InChI=1S/2C20H20N2O2/c1-15(2)3-12-20(16-4-8-18(9-5-16)23-13-21)17-6-10-19(11-7-17)24-14-22;1-3-15(2)12-20(16-4-8-18(9-5-16)23-13-21)17-6-10-19(11-7-17)24-14-22/h2*4-11,15,20H,3,12H2,1-2H3. The lowest BCUT2D eigenvalue weighted by Gasteiger charge is -2.21. The van der Waals surface area contributed by atoms with Crippen molar-refractivity contribution >= 4 is 0 Å². The minimum Gasteiger partial charge on any atom is -0.388 e. The lowest BCUT2D eigenvalue weighted by Crippen LogP contribution is -2.06. The predicted octanol–water partition coefficient (Wildman–Crippen LogP) is 9.95. The molecule has 0 bridgehead atoms. The van der Waals surface area contributed by atoms with Crippen molar-refractivity contribution in [2.75, 3.05) is 0 Å². The van der Waals surface area contributed by atoms with Gasteiger partial charge < -0.3 is 18.9 Å². The van der Waals surface area contributed by atoms with Gasteiger partial charge in [0, 0.05) is 11.8 Å². The molecule has 244 valence electrons. The average Bonchev–Trinajstić information content (AvgIpc) is 3.10. The summed E-state index contributed by atoms with van der Waals surface area (Å²) in [5.74, 6) is 3.87. The molecule has 0 aromatic heterocycles. The Morgan fingerprint density at radius 1 is 0.458 bits per heavy atom. The van der Waals surface area contributed by atoms with Gasteiger partial charge in [0.1, 0.15) is 23.0 Å². The van der Waals surface area contributed by atoms with Crippen LogP contribution in [0.4, 0.5) is 0 Å². The van der Waals surface area contributed by atoms with E-state index in [4.69, 9.17) is 40.0 Å². The summed E-state index contributed by atoms with van der Waals surface area (Å²) in [5.41, 5.74) is 4.70. The van der Waals surface area contributed by atoms with E-state index in [9.17, 15) is 0 Å². The molecule has 0 amide bonds. The lowest BCUT2D eigenvalue weighted by atomic mass is 9.83. The van der Waals surface area contributed by atoms with Gasteiger partial charge in [-0.2, -0.15) is 0 Å². The molecule has 0 aliphatic rings. The summed E-state index contributed by atoms with van der Waals surface area (Å²) in [6, 6.07) is 30.5. The van der Waals surface area contributed by atoms with Gasteiger partial charge >= 0.3 is 0 Å². The molecule has 0 saturated carbocycles. The fraction of sp³-hybridized carbons (Fsp3) is 0.300. The minimum absolute atomic E-state index is 0.243. The van der Waals surface area contributed by atoms with E-state index in [1.807, 2.05) is 97.1 Å². The van der Waals surface area contributed by atoms with E-state index in [0.29, 0.717) is 34.8 Å². The maximum absolute atomic E-state index is 8.59. The zero-order valence-electron chi connectivity index (χ0n) is 27.8. The van der Waals surface area contributed by atoms with Crippen LogP contribution in [0, 0.1) is 57.9 Å². The first-order chi connectivity index (χ1) is 23.3. The van der Waals surface area contributed by atoms with Gasteiger partial charge in [0.15, 0.2) is 0 Å². The van der Waals surface area contributed by atoms with Gasteiger partial charge in [0.2, 0.25) is 0 Å². The first-order valence-electron chi connectivity index (χ1n) is 15.9. The number of rotatable bonds is 14. The summed E-state index contributed by atoms with van der Waals surface area (Å²) in [6.45, 7) is 8.86. The van der Waals surface area contributed by atoms with Gasteiger partial charge in [-0.05, 0) is 95.5 Å². The van der Waals surface area contributed by atoms with E-state index in [0.717, 1.165) is 25.7 Å². The van der Waals surface area contributed by atoms with E-state index in [2.05, 4.69) is 27.7 Å². The van der Waals surface area contributed by atoms with E-state index in [-0.39, 0.29) is 11.8 Å². The van der Waals surface area contributed by atoms with Gasteiger partial charge in [-0.25, -0.2) is 0 Å². The van der Waals surface area contributed by atoms with E-state index < -0.39 is 0 Å². The Bertz CT molecular complexity index is 1590. The first kappa shape index (κ1) is 36.5. The average molecular weight is 641 g/mol. The summed E-state index contributed by atoms with van der Waals surface area (Å²) >= 11 is 0. The molecule has 48 heavy (non-hydrogen) atoms. The number of ether oxygens (including phenoxy) is 4. The van der Waals surface area contributed by atoms with Gasteiger partial charge in [-0.3, -0.25) is 0 Å². The number of nitriles is 4.